The third-order valence-corrected chi connectivity index (χ3v) is 9.40. The second-order valence-electron chi connectivity index (χ2n) is 9.10. The minimum absolute atomic E-state index is 0.200. The lowest BCUT2D eigenvalue weighted by Gasteiger charge is -2.21. The molecule has 5 heteroatoms. The Morgan fingerprint density at radius 2 is 1.11 bits per heavy atom. The summed E-state index contributed by atoms with van der Waals surface area (Å²) in [6.45, 7) is 5.98. The van der Waals surface area contributed by atoms with E-state index in [-0.39, 0.29) is 5.30 Å². The average Bonchev–Trinajstić information content (AvgIpc) is 2.92. The van der Waals surface area contributed by atoms with Gasteiger partial charge in [0, 0.05) is 16.4 Å². The number of hydrogen-bond acceptors (Lipinski definition) is 4. The van der Waals surface area contributed by atoms with E-state index in [1.54, 1.807) is 24.3 Å². The first-order chi connectivity index (χ1) is 17.9. The van der Waals surface area contributed by atoms with E-state index in [0.717, 1.165) is 10.8 Å². The molecule has 0 unspecified atom stereocenters. The van der Waals surface area contributed by atoms with Crippen molar-refractivity contribution in [2.45, 2.75) is 20.8 Å². The monoisotopic (exact) mass is 506 g/mol. The van der Waals surface area contributed by atoms with Crippen molar-refractivity contribution in [3.05, 3.63) is 119 Å². The van der Waals surface area contributed by atoms with Gasteiger partial charge in [0.25, 0.3) is 0 Å². The van der Waals surface area contributed by atoms with Gasteiger partial charge in [-0.05, 0) is 77.7 Å². The molecular weight excluding hydrogens is 479 g/mol. The largest absolute Gasteiger partial charge is 0.494 e. The Labute approximate surface area is 216 Å². The number of aryl methyl sites for hydroxylation is 2. The standard InChI is InChI=1S/C32H27O4P/c1-4-36-25-17-19-26(20-18-25)37(35,31(33)29-21(2)13-15-23-9-5-7-11-27(23)29)32(34)30-22(3)14-16-24-10-6-8-12-28(24)30/h5-20H,4H2,1-3H3. The molecule has 0 saturated heterocycles. The van der Waals surface area contributed by atoms with E-state index in [1.165, 1.54) is 0 Å². The fourth-order valence-electron chi connectivity index (χ4n) is 4.89. The molecule has 0 N–H and O–H groups in total. The number of benzene rings is 5. The molecule has 0 heterocycles. The molecule has 5 rings (SSSR count). The first-order valence-corrected chi connectivity index (χ1v) is 14.0. The SMILES string of the molecule is CCOc1ccc(P(=O)(C(=O)c2c(C)ccc3ccccc23)C(=O)c2c(C)ccc3ccccc23)cc1. The van der Waals surface area contributed by atoms with Crippen molar-refractivity contribution in [3.8, 4) is 5.75 Å². The molecule has 0 radical (unpaired) electrons. The van der Waals surface area contributed by atoms with Crippen LogP contribution in [0, 0.1) is 13.8 Å². The van der Waals surface area contributed by atoms with Crippen LogP contribution in [0.15, 0.2) is 97.1 Å². The normalized spacial score (nSPS) is 11.5. The number of carbonyl (C=O) groups is 2. The molecule has 5 aromatic rings. The lowest BCUT2D eigenvalue weighted by Crippen LogP contribution is -2.22. The van der Waals surface area contributed by atoms with E-state index in [9.17, 15) is 9.59 Å². The maximum Gasteiger partial charge on any atom is 0.248 e. The van der Waals surface area contributed by atoms with Crippen LogP contribution in [0.2, 0.25) is 0 Å². The lowest BCUT2D eigenvalue weighted by molar-refractivity contribution is 0.104. The van der Waals surface area contributed by atoms with E-state index in [1.807, 2.05) is 93.6 Å². The fraction of sp³-hybridized carbons (Fsp3) is 0.125. The predicted octanol–water partition coefficient (Wildman–Crippen LogP) is 7.68. The molecule has 37 heavy (non-hydrogen) atoms. The highest BCUT2D eigenvalue weighted by atomic mass is 31.2. The first kappa shape index (κ1) is 24.7. The van der Waals surface area contributed by atoms with Crippen molar-refractivity contribution < 1.29 is 18.9 Å². The van der Waals surface area contributed by atoms with E-state index in [0.29, 0.717) is 45.4 Å². The Bertz CT molecular complexity index is 1620. The van der Waals surface area contributed by atoms with Crippen molar-refractivity contribution in [3.63, 3.8) is 0 Å². The summed E-state index contributed by atoms with van der Waals surface area (Å²) in [5.41, 5.74) is 0.698. The molecule has 0 fully saturated rings. The van der Waals surface area contributed by atoms with Crippen LogP contribution in [0.5, 0.6) is 5.75 Å². The van der Waals surface area contributed by atoms with Gasteiger partial charge in [-0.2, -0.15) is 0 Å². The van der Waals surface area contributed by atoms with Crippen LogP contribution in [-0.4, -0.2) is 17.7 Å². The fourth-order valence-corrected chi connectivity index (χ4v) is 7.34. The first-order valence-electron chi connectivity index (χ1n) is 12.3. The van der Waals surface area contributed by atoms with Gasteiger partial charge in [-0.15, -0.1) is 0 Å². The summed E-state index contributed by atoms with van der Waals surface area (Å²) in [6.07, 6.45) is 0. The zero-order chi connectivity index (χ0) is 26.2. The van der Waals surface area contributed by atoms with Crippen LogP contribution in [0.3, 0.4) is 0 Å². The Morgan fingerprint density at radius 1 is 0.649 bits per heavy atom. The zero-order valence-electron chi connectivity index (χ0n) is 21.0. The summed E-state index contributed by atoms with van der Waals surface area (Å²) in [5, 5.41) is 3.26. The summed E-state index contributed by atoms with van der Waals surface area (Å²) >= 11 is 0. The van der Waals surface area contributed by atoms with Crippen LogP contribution in [0.4, 0.5) is 0 Å². The van der Waals surface area contributed by atoms with Crippen LogP contribution in [-0.2, 0) is 4.57 Å². The van der Waals surface area contributed by atoms with E-state index < -0.39 is 18.2 Å². The van der Waals surface area contributed by atoms with Gasteiger partial charge in [-0.3, -0.25) is 9.59 Å². The zero-order valence-corrected chi connectivity index (χ0v) is 21.9. The van der Waals surface area contributed by atoms with Crippen LogP contribution >= 0.6 is 7.14 Å². The topological polar surface area (TPSA) is 60.4 Å². The number of fused-ring (bicyclic) bond motifs is 2. The highest BCUT2D eigenvalue weighted by molar-refractivity contribution is 8.01. The number of carbonyl (C=O) groups excluding carboxylic acids is 2. The Morgan fingerprint density at radius 3 is 1.57 bits per heavy atom. The molecule has 0 aromatic heterocycles. The Kier molecular flexibility index (Phi) is 6.54. The third-order valence-electron chi connectivity index (χ3n) is 6.79. The molecule has 0 amide bonds. The molecule has 0 aliphatic rings. The summed E-state index contributed by atoms with van der Waals surface area (Å²) in [7, 11) is -4.33. The number of hydrogen-bond donors (Lipinski definition) is 0. The lowest BCUT2D eigenvalue weighted by atomic mass is 10.0. The van der Waals surface area contributed by atoms with Gasteiger partial charge in [0.05, 0.1) is 6.61 Å². The minimum Gasteiger partial charge on any atom is -0.494 e. The second kappa shape index (κ2) is 9.80. The van der Waals surface area contributed by atoms with Gasteiger partial charge >= 0.3 is 0 Å². The molecule has 0 aliphatic carbocycles. The summed E-state index contributed by atoms with van der Waals surface area (Å²) in [5.74, 6) is 0.584. The quantitative estimate of drug-likeness (QED) is 0.213. The molecule has 0 saturated carbocycles. The van der Waals surface area contributed by atoms with Gasteiger partial charge in [0.1, 0.15) is 5.75 Å². The molecule has 0 bridgehead atoms. The van der Waals surface area contributed by atoms with E-state index in [2.05, 4.69) is 0 Å². The molecule has 184 valence electrons. The van der Waals surface area contributed by atoms with Crippen LogP contribution in [0.1, 0.15) is 38.8 Å². The van der Waals surface area contributed by atoms with Gasteiger partial charge in [0.15, 0.2) is 0 Å². The van der Waals surface area contributed by atoms with Crippen molar-refractivity contribution in [1.82, 2.24) is 0 Å². The summed E-state index contributed by atoms with van der Waals surface area (Å²) in [6, 6.07) is 29.0. The molecular formula is C32H27O4P. The maximum absolute atomic E-state index is 15.1. The summed E-state index contributed by atoms with van der Waals surface area (Å²) in [4.78, 5) is 28.9. The summed E-state index contributed by atoms with van der Waals surface area (Å²) < 4.78 is 20.7. The Hall–Kier alpha value is -4.01. The smallest absolute Gasteiger partial charge is 0.248 e. The average molecular weight is 507 g/mol. The van der Waals surface area contributed by atoms with E-state index >= 15 is 4.57 Å². The maximum atomic E-state index is 15.1. The second-order valence-corrected chi connectivity index (χ2v) is 11.7. The molecule has 0 spiro atoms. The van der Waals surface area contributed by atoms with Gasteiger partial charge in [-0.1, -0.05) is 72.8 Å². The molecule has 0 atom stereocenters. The highest BCUT2D eigenvalue weighted by Crippen LogP contribution is 2.53. The highest BCUT2D eigenvalue weighted by Gasteiger charge is 2.44. The number of ether oxygens (including phenoxy) is 1. The number of rotatable bonds is 7. The van der Waals surface area contributed by atoms with Crippen molar-refractivity contribution >= 4 is 45.0 Å². The Balaban J connectivity index is 1.79. The van der Waals surface area contributed by atoms with Crippen molar-refractivity contribution in [2.24, 2.45) is 0 Å². The third kappa shape index (κ3) is 4.18. The molecule has 0 aliphatic heterocycles. The van der Waals surface area contributed by atoms with Crippen molar-refractivity contribution in [1.29, 1.82) is 0 Å². The van der Waals surface area contributed by atoms with Crippen molar-refractivity contribution in [2.75, 3.05) is 6.61 Å². The van der Waals surface area contributed by atoms with Crippen LogP contribution < -0.4 is 10.0 Å². The van der Waals surface area contributed by atoms with Gasteiger partial charge < -0.3 is 9.30 Å². The predicted molar refractivity (Wildman–Crippen MR) is 151 cm³/mol. The molecule has 5 aromatic carbocycles. The molecule has 4 nitrogen and oxygen atoms in total. The minimum atomic E-state index is -4.33. The van der Waals surface area contributed by atoms with E-state index in [4.69, 9.17) is 4.74 Å². The van der Waals surface area contributed by atoms with Crippen LogP contribution in [0.25, 0.3) is 21.5 Å². The van der Waals surface area contributed by atoms with Gasteiger partial charge in [-0.25, -0.2) is 0 Å². The van der Waals surface area contributed by atoms with Gasteiger partial charge in [0.2, 0.25) is 18.2 Å².